The minimum absolute atomic E-state index is 0.199. The molecule has 7 nitrogen and oxygen atoms in total. The fourth-order valence-electron chi connectivity index (χ4n) is 2.76. The molecule has 0 atom stereocenters. The highest BCUT2D eigenvalue weighted by molar-refractivity contribution is 5.88. The van der Waals surface area contributed by atoms with E-state index in [-0.39, 0.29) is 12.2 Å². The molecule has 3 rings (SSSR count). The topological polar surface area (TPSA) is 73.1 Å². The number of carbonyl (C=O) groups excluding carboxylic acids is 2. The van der Waals surface area contributed by atoms with E-state index in [1.807, 2.05) is 25.3 Å². The summed E-state index contributed by atoms with van der Waals surface area (Å²) in [5.74, 6) is -0.425. The van der Waals surface area contributed by atoms with Crippen LogP contribution in [0.5, 0.6) is 0 Å². The van der Waals surface area contributed by atoms with Crippen molar-refractivity contribution in [2.75, 3.05) is 19.7 Å². The summed E-state index contributed by atoms with van der Waals surface area (Å²) in [6, 6.07) is 3.86. The lowest BCUT2D eigenvalue weighted by atomic mass is 10.1. The van der Waals surface area contributed by atoms with Gasteiger partial charge in [-0.2, -0.15) is 0 Å². The van der Waals surface area contributed by atoms with Crippen molar-refractivity contribution in [1.82, 2.24) is 14.3 Å². The Kier molecular flexibility index (Phi) is 4.69. The first-order valence-corrected chi connectivity index (χ1v) is 8.15. The van der Waals surface area contributed by atoms with Crippen molar-refractivity contribution in [3.05, 3.63) is 35.8 Å². The molecule has 7 heteroatoms. The van der Waals surface area contributed by atoms with E-state index in [4.69, 9.17) is 9.47 Å². The Hall–Kier alpha value is -2.57. The maximum atomic E-state index is 12.3. The average Bonchev–Trinajstić information content (AvgIpc) is 2.99. The van der Waals surface area contributed by atoms with Gasteiger partial charge in [0.15, 0.2) is 5.69 Å². The Morgan fingerprint density at radius 1 is 1.33 bits per heavy atom. The molecule has 1 amide bonds. The van der Waals surface area contributed by atoms with Gasteiger partial charge in [-0.1, -0.05) is 0 Å². The number of aromatic nitrogens is 2. The number of fused-ring (bicyclic) bond motifs is 1. The summed E-state index contributed by atoms with van der Waals surface area (Å²) in [4.78, 5) is 29.9. The highest BCUT2D eigenvalue weighted by atomic mass is 16.6. The van der Waals surface area contributed by atoms with E-state index in [0.29, 0.717) is 38.2 Å². The van der Waals surface area contributed by atoms with Crippen LogP contribution in [0.25, 0.3) is 5.65 Å². The highest BCUT2D eigenvalue weighted by Crippen LogP contribution is 2.17. The maximum absolute atomic E-state index is 12.3. The van der Waals surface area contributed by atoms with Gasteiger partial charge in [-0.05, 0) is 31.5 Å². The first-order chi connectivity index (χ1) is 11.6. The fraction of sp³-hybridized carbons (Fsp3) is 0.471. The molecule has 1 aliphatic heterocycles. The number of hydrogen-bond donors (Lipinski definition) is 0. The van der Waals surface area contributed by atoms with E-state index in [2.05, 4.69) is 4.98 Å². The summed E-state index contributed by atoms with van der Waals surface area (Å²) in [6.07, 6.45) is 4.25. The van der Waals surface area contributed by atoms with E-state index in [9.17, 15) is 9.59 Å². The fourth-order valence-corrected chi connectivity index (χ4v) is 2.76. The normalized spacial score (nSPS) is 15.5. The molecule has 3 heterocycles. The largest absolute Gasteiger partial charge is 0.457 e. The number of nitrogens with zero attached hydrogens (tertiary/aromatic N) is 3. The third-order valence-corrected chi connectivity index (χ3v) is 4.07. The number of imidazole rings is 1. The molecule has 0 spiro atoms. The Labute approximate surface area is 140 Å². The maximum Gasteiger partial charge on any atom is 0.409 e. The van der Waals surface area contributed by atoms with Gasteiger partial charge in [0.25, 0.3) is 0 Å². The average molecular weight is 331 g/mol. The van der Waals surface area contributed by atoms with E-state index < -0.39 is 5.97 Å². The SMILES string of the molecule is CCOC(=O)N1CCC(OC(=O)c2cn3ccc(C)cc3n2)CC1. The summed E-state index contributed by atoms with van der Waals surface area (Å²) in [5.41, 5.74) is 2.10. The van der Waals surface area contributed by atoms with Crippen molar-refractivity contribution >= 4 is 17.7 Å². The van der Waals surface area contributed by atoms with Gasteiger partial charge >= 0.3 is 12.1 Å². The van der Waals surface area contributed by atoms with E-state index >= 15 is 0 Å². The highest BCUT2D eigenvalue weighted by Gasteiger charge is 2.26. The van der Waals surface area contributed by atoms with E-state index in [1.54, 1.807) is 22.4 Å². The zero-order valence-electron chi connectivity index (χ0n) is 13.9. The summed E-state index contributed by atoms with van der Waals surface area (Å²) in [6.45, 7) is 5.18. The van der Waals surface area contributed by atoms with Crippen LogP contribution in [0.3, 0.4) is 0 Å². The van der Waals surface area contributed by atoms with Gasteiger partial charge in [-0.3, -0.25) is 0 Å². The van der Waals surface area contributed by atoms with Gasteiger partial charge in [0.2, 0.25) is 0 Å². The number of ether oxygens (including phenoxy) is 2. The van der Waals surface area contributed by atoms with Gasteiger partial charge in [-0.25, -0.2) is 14.6 Å². The molecule has 0 bridgehead atoms. The Bertz CT molecular complexity index is 747. The quantitative estimate of drug-likeness (QED) is 0.808. The Morgan fingerprint density at radius 2 is 2.08 bits per heavy atom. The van der Waals surface area contributed by atoms with Gasteiger partial charge in [-0.15, -0.1) is 0 Å². The molecule has 2 aromatic rings. The van der Waals surface area contributed by atoms with Crippen molar-refractivity contribution in [2.45, 2.75) is 32.8 Å². The zero-order valence-corrected chi connectivity index (χ0v) is 13.9. The van der Waals surface area contributed by atoms with E-state index in [0.717, 1.165) is 11.2 Å². The molecular weight excluding hydrogens is 310 g/mol. The van der Waals surface area contributed by atoms with Crippen LogP contribution < -0.4 is 0 Å². The number of piperidine rings is 1. The number of carbonyl (C=O) groups is 2. The second kappa shape index (κ2) is 6.90. The first-order valence-electron chi connectivity index (χ1n) is 8.15. The molecule has 0 aliphatic carbocycles. The lowest BCUT2D eigenvalue weighted by molar-refractivity contribution is 0.0103. The second-order valence-corrected chi connectivity index (χ2v) is 5.89. The standard InChI is InChI=1S/C17H21N3O4/c1-3-23-17(22)19-8-5-13(6-9-19)24-16(21)14-11-20-7-4-12(2)10-15(20)18-14/h4,7,10-11,13H,3,5-6,8-9H2,1-2H3. The number of hydrogen-bond acceptors (Lipinski definition) is 5. The lowest BCUT2D eigenvalue weighted by Crippen LogP contribution is -2.41. The molecular formula is C17H21N3O4. The zero-order chi connectivity index (χ0) is 17.1. The molecule has 0 unspecified atom stereocenters. The van der Waals surface area contributed by atoms with E-state index in [1.165, 1.54) is 0 Å². The third kappa shape index (κ3) is 3.50. The smallest absolute Gasteiger partial charge is 0.409 e. The minimum atomic E-state index is -0.425. The van der Waals surface area contributed by atoms with Crippen LogP contribution in [-0.4, -0.2) is 52.1 Å². The Morgan fingerprint density at radius 3 is 2.79 bits per heavy atom. The third-order valence-electron chi connectivity index (χ3n) is 4.07. The molecule has 0 radical (unpaired) electrons. The number of likely N-dealkylation sites (tertiary alicyclic amines) is 1. The van der Waals surface area contributed by atoms with Gasteiger partial charge < -0.3 is 18.8 Å². The molecule has 128 valence electrons. The molecule has 0 N–H and O–H groups in total. The monoisotopic (exact) mass is 331 g/mol. The van der Waals surface area contributed by atoms with Crippen LogP contribution in [0.2, 0.25) is 0 Å². The molecule has 1 aliphatic rings. The van der Waals surface area contributed by atoms with Crippen LogP contribution in [0.15, 0.2) is 24.5 Å². The first kappa shape index (κ1) is 16.3. The van der Waals surface area contributed by atoms with Crippen molar-refractivity contribution < 1.29 is 19.1 Å². The predicted octanol–water partition coefficient (Wildman–Crippen LogP) is 2.42. The van der Waals surface area contributed by atoms with Crippen LogP contribution >= 0.6 is 0 Å². The van der Waals surface area contributed by atoms with Gasteiger partial charge in [0.05, 0.1) is 6.61 Å². The van der Waals surface area contributed by atoms with Crippen molar-refractivity contribution in [2.24, 2.45) is 0 Å². The molecule has 2 aromatic heterocycles. The summed E-state index contributed by atoms with van der Waals surface area (Å²) in [7, 11) is 0. The van der Waals surface area contributed by atoms with Crippen molar-refractivity contribution in [3.63, 3.8) is 0 Å². The minimum Gasteiger partial charge on any atom is -0.457 e. The number of pyridine rings is 1. The van der Waals surface area contributed by atoms with Gasteiger partial charge in [0, 0.05) is 38.3 Å². The summed E-state index contributed by atoms with van der Waals surface area (Å²) >= 11 is 0. The lowest BCUT2D eigenvalue weighted by Gasteiger charge is -2.30. The molecule has 24 heavy (non-hydrogen) atoms. The predicted molar refractivity (Wildman–Crippen MR) is 87.0 cm³/mol. The number of aryl methyl sites for hydroxylation is 1. The molecule has 0 saturated carbocycles. The van der Waals surface area contributed by atoms with Crippen LogP contribution in [-0.2, 0) is 9.47 Å². The Balaban J connectivity index is 1.58. The van der Waals surface area contributed by atoms with Crippen LogP contribution in [0, 0.1) is 6.92 Å². The number of amides is 1. The van der Waals surface area contributed by atoms with Crippen molar-refractivity contribution in [1.29, 1.82) is 0 Å². The van der Waals surface area contributed by atoms with Crippen LogP contribution in [0.4, 0.5) is 4.79 Å². The summed E-state index contributed by atoms with van der Waals surface area (Å²) in [5, 5.41) is 0. The molecule has 1 fully saturated rings. The number of esters is 1. The van der Waals surface area contributed by atoms with Crippen LogP contribution in [0.1, 0.15) is 35.8 Å². The van der Waals surface area contributed by atoms with Crippen molar-refractivity contribution in [3.8, 4) is 0 Å². The number of rotatable bonds is 3. The van der Waals surface area contributed by atoms with Gasteiger partial charge in [0.1, 0.15) is 11.8 Å². The molecule has 1 saturated heterocycles. The molecule has 0 aromatic carbocycles. The second-order valence-electron chi connectivity index (χ2n) is 5.89. The summed E-state index contributed by atoms with van der Waals surface area (Å²) < 4.78 is 12.3.